The van der Waals surface area contributed by atoms with Gasteiger partial charge in [-0.3, -0.25) is 4.79 Å². The number of morpholine rings is 1. The third-order valence-corrected chi connectivity index (χ3v) is 5.69. The first-order valence-electron chi connectivity index (χ1n) is 7.31. The van der Waals surface area contributed by atoms with Crippen LogP contribution in [0.15, 0.2) is 24.3 Å². The summed E-state index contributed by atoms with van der Waals surface area (Å²) in [5, 5.41) is 5.44. The molecule has 1 aromatic carbocycles. The van der Waals surface area contributed by atoms with Gasteiger partial charge in [0.1, 0.15) is 6.04 Å². The van der Waals surface area contributed by atoms with Gasteiger partial charge in [-0.1, -0.05) is 12.1 Å². The van der Waals surface area contributed by atoms with Crippen molar-refractivity contribution in [1.29, 1.82) is 0 Å². The molecule has 2 rings (SSSR count). The van der Waals surface area contributed by atoms with E-state index in [0.717, 1.165) is 0 Å². The molecule has 23 heavy (non-hydrogen) atoms. The van der Waals surface area contributed by atoms with Crippen molar-refractivity contribution in [3.8, 4) is 0 Å². The van der Waals surface area contributed by atoms with E-state index in [1.165, 1.54) is 0 Å². The highest BCUT2D eigenvalue weighted by molar-refractivity contribution is 7.91. The number of rotatable bonds is 5. The molecule has 0 aliphatic carbocycles. The largest absolute Gasteiger partial charge is 0.378 e. The fourth-order valence-corrected chi connectivity index (χ4v) is 3.08. The van der Waals surface area contributed by atoms with Gasteiger partial charge in [0.2, 0.25) is 5.91 Å². The molecule has 0 saturated carbocycles. The van der Waals surface area contributed by atoms with E-state index in [2.05, 4.69) is 10.6 Å². The van der Waals surface area contributed by atoms with Crippen LogP contribution < -0.4 is 10.6 Å². The van der Waals surface area contributed by atoms with Gasteiger partial charge in [-0.05, 0) is 31.5 Å². The third-order valence-electron chi connectivity index (χ3n) is 3.52. The number of halogens is 1. The van der Waals surface area contributed by atoms with Crippen molar-refractivity contribution in [3.05, 3.63) is 29.8 Å². The predicted octanol–water partition coefficient (Wildman–Crippen LogP) is 1.36. The number of amides is 1. The molecule has 1 unspecified atom stereocenters. The van der Waals surface area contributed by atoms with Crippen molar-refractivity contribution in [3.63, 3.8) is 0 Å². The maximum atomic E-state index is 12.1. The number of benzene rings is 1. The summed E-state index contributed by atoms with van der Waals surface area (Å²) in [5.41, 5.74) is 1.26. The summed E-state index contributed by atoms with van der Waals surface area (Å²) in [6.45, 7) is 4.91. The molecule has 130 valence electrons. The minimum atomic E-state index is -3.16. The van der Waals surface area contributed by atoms with Gasteiger partial charge in [0, 0.05) is 12.2 Å². The number of nitrogens with one attached hydrogen (secondary N) is 2. The Labute approximate surface area is 143 Å². The maximum Gasteiger partial charge on any atom is 0.243 e. The molecular weight excluding hydrogens is 340 g/mol. The van der Waals surface area contributed by atoms with E-state index in [1.54, 1.807) is 38.1 Å². The van der Waals surface area contributed by atoms with Crippen LogP contribution in [0.25, 0.3) is 0 Å². The van der Waals surface area contributed by atoms with E-state index in [1.807, 2.05) is 0 Å². The summed E-state index contributed by atoms with van der Waals surface area (Å²) >= 11 is 0. The Morgan fingerprint density at radius 2 is 2.17 bits per heavy atom. The summed E-state index contributed by atoms with van der Waals surface area (Å²) in [7, 11) is -3.16. The Kier molecular flexibility index (Phi) is 7.47. The minimum absolute atomic E-state index is 0. The number of hydrogen-bond acceptors (Lipinski definition) is 5. The van der Waals surface area contributed by atoms with Crippen LogP contribution in [0.3, 0.4) is 0 Å². The number of hydrogen-bond donors (Lipinski definition) is 2. The van der Waals surface area contributed by atoms with Crippen LogP contribution in [0.5, 0.6) is 0 Å². The number of carbonyl (C=O) groups is 1. The highest BCUT2D eigenvalue weighted by Crippen LogP contribution is 2.16. The zero-order valence-electron chi connectivity index (χ0n) is 13.2. The van der Waals surface area contributed by atoms with Gasteiger partial charge in [0.25, 0.3) is 0 Å². The molecule has 1 aliphatic heterocycles. The van der Waals surface area contributed by atoms with E-state index >= 15 is 0 Å². The van der Waals surface area contributed by atoms with Crippen molar-refractivity contribution < 1.29 is 17.9 Å². The quantitative estimate of drug-likeness (QED) is 0.826. The van der Waals surface area contributed by atoms with E-state index in [4.69, 9.17) is 4.74 Å². The van der Waals surface area contributed by atoms with E-state index in [0.29, 0.717) is 31.0 Å². The fourth-order valence-electron chi connectivity index (χ4n) is 2.10. The van der Waals surface area contributed by atoms with Gasteiger partial charge in [0.05, 0.1) is 24.2 Å². The van der Waals surface area contributed by atoms with E-state index in [-0.39, 0.29) is 30.1 Å². The lowest BCUT2D eigenvalue weighted by molar-refractivity contribution is -0.120. The third kappa shape index (κ3) is 5.76. The molecule has 1 aromatic rings. The van der Waals surface area contributed by atoms with E-state index < -0.39 is 15.1 Å². The molecule has 2 N–H and O–H groups in total. The fraction of sp³-hybridized carbons (Fsp3) is 0.533. The lowest BCUT2D eigenvalue weighted by Gasteiger charge is -2.23. The summed E-state index contributed by atoms with van der Waals surface area (Å²) in [4.78, 5) is 12.1. The molecular formula is C15H23ClN2O4S. The van der Waals surface area contributed by atoms with Crippen molar-refractivity contribution in [2.75, 3.05) is 25.1 Å². The van der Waals surface area contributed by atoms with Crippen molar-refractivity contribution in [2.24, 2.45) is 0 Å². The first-order valence-corrected chi connectivity index (χ1v) is 9.02. The average Bonchev–Trinajstić information content (AvgIpc) is 2.48. The second kappa shape index (κ2) is 8.63. The lowest BCUT2D eigenvalue weighted by atomic mass is 10.2. The molecule has 1 aliphatic rings. The highest BCUT2D eigenvalue weighted by Gasteiger charge is 2.21. The van der Waals surface area contributed by atoms with Gasteiger partial charge >= 0.3 is 0 Å². The van der Waals surface area contributed by atoms with Crippen molar-refractivity contribution >= 4 is 33.8 Å². The number of carbonyl (C=O) groups excluding carboxylic acids is 1. The van der Waals surface area contributed by atoms with Crippen LogP contribution >= 0.6 is 12.4 Å². The number of sulfone groups is 1. The summed E-state index contributed by atoms with van der Waals surface area (Å²) in [5.74, 6) is -0.206. The summed E-state index contributed by atoms with van der Waals surface area (Å²) in [6.07, 6.45) is 0. The Bertz CT molecular complexity index is 628. The molecule has 1 saturated heterocycles. The monoisotopic (exact) mass is 362 g/mol. The van der Waals surface area contributed by atoms with Gasteiger partial charge in [-0.2, -0.15) is 0 Å². The van der Waals surface area contributed by atoms with E-state index in [9.17, 15) is 13.2 Å². The molecule has 1 heterocycles. The first kappa shape index (κ1) is 19.9. The predicted molar refractivity (Wildman–Crippen MR) is 92.7 cm³/mol. The van der Waals surface area contributed by atoms with Crippen LogP contribution in [-0.4, -0.2) is 45.4 Å². The van der Waals surface area contributed by atoms with Gasteiger partial charge in [0.15, 0.2) is 9.84 Å². The molecule has 8 heteroatoms. The average molecular weight is 363 g/mol. The summed E-state index contributed by atoms with van der Waals surface area (Å²) in [6, 6.07) is 6.55. The Morgan fingerprint density at radius 3 is 2.78 bits per heavy atom. The Balaban J connectivity index is 0.00000264. The molecule has 1 amide bonds. The zero-order valence-corrected chi connectivity index (χ0v) is 14.9. The van der Waals surface area contributed by atoms with Gasteiger partial charge < -0.3 is 15.4 Å². The Morgan fingerprint density at radius 1 is 1.43 bits per heavy atom. The highest BCUT2D eigenvalue weighted by atomic mass is 35.5. The smallest absolute Gasteiger partial charge is 0.243 e. The van der Waals surface area contributed by atoms with Crippen LogP contribution in [0, 0.1) is 0 Å². The summed E-state index contributed by atoms with van der Waals surface area (Å²) < 4.78 is 29.2. The van der Waals surface area contributed by atoms with Gasteiger partial charge in [-0.15, -0.1) is 12.4 Å². The maximum absolute atomic E-state index is 12.1. The Hall–Kier alpha value is -1.15. The zero-order chi connectivity index (χ0) is 16.2. The molecule has 1 fully saturated rings. The first-order chi connectivity index (χ1) is 10.4. The molecule has 0 aromatic heterocycles. The SMILES string of the molecule is CC(C)S(=O)(=O)Cc1cccc(NC(=O)C2COCCN2)c1.Cl. The number of ether oxygens (including phenoxy) is 1. The normalized spacial score (nSPS) is 18.3. The van der Waals surface area contributed by atoms with Crippen molar-refractivity contribution in [2.45, 2.75) is 30.9 Å². The second-order valence-corrected chi connectivity index (χ2v) is 8.18. The molecule has 0 bridgehead atoms. The molecule has 0 spiro atoms. The second-order valence-electron chi connectivity index (χ2n) is 5.63. The van der Waals surface area contributed by atoms with Crippen LogP contribution in [0.1, 0.15) is 19.4 Å². The molecule has 1 atom stereocenters. The lowest BCUT2D eigenvalue weighted by Crippen LogP contribution is -2.48. The van der Waals surface area contributed by atoms with Crippen LogP contribution in [0.2, 0.25) is 0 Å². The van der Waals surface area contributed by atoms with Crippen LogP contribution in [-0.2, 0) is 25.1 Å². The standard InChI is InChI=1S/C15H22N2O4S.ClH/c1-11(2)22(19,20)10-12-4-3-5-13(8-12)17-15(18)14-9-21-7-6-16-14;/h3-5,8,11,14,16H,6-7,9-10H2,1-2H3,(H,17,18);1H. The topological polar surface area (TPSA) is 84.5 Å². The van der Waals surface area contributed by atoms with Gasteiger partial charge in [-0.25, -0.2) is 8.42 Å². The van der Waals surface area contributed by atoms with Crippen LogP contribution in [0.4, 0.5) is 5.69 Å². The number of anilines is 1. The molecule has 0 radical (unpaired) electrons. The minimum Gasteiger partial charge on any atom is -0.378 e. The molecule has 6 nitrogen and oxygen atoms in total. The van der Waals surface area contributed by atoms with Crippen molar-refractivity contribution in [1.82, 2.24) is 5.32 Å².